The molecule has 96 valence electrons. The van der Waals surface area contributed by atoms with Crippen molar-refractivity contribution in [2.75, 3.05) is 6.54 Å². The van der Waals surface area contributed by atoms with Crippen LogP contribution in [0.3, 0.4) is 0 Å². The van der Waals surface area contributed by atoms with Gasteiger partial charge in [0, 0.05) is 30.9 Å². The van der Waals surface area contributed by atoms with Crippen LogP contribution in [0.5, 0.6) is 0 Å². The minimum atomic E-state index is 0.371. The van der Waals surface area contributed by atoms with Gasteiger partial charge in [-0.15, -0.1) is 0 Å². The highest BCUT2D eigenvalue weighted by Gasteiger charge is 2.18. The molecule has 0 amide bonds. The van der Waals surface area contributed by atoms with E-state index < -0.39 is 0 Å². The lowest BCUT2D eigenvalue weighted by Crippen LogP contribution is -2.21. The van der Waals surface area contributed by atoms with E-state index in [1.165, 1.54) is 11.3 Å². The molecule has 2 N–H and O–H groups in total. The maximum absolute atomic E-state index is 5.89. The van der Waals surface area contributed by atoms with E-state index in [1.807, 2.05) is 18.6 Å². The van der Waals surface area contributed by atoms with E-state index in [9.17, 15) is 0 Å². The van der Waals surface area contributed by atoms with E-state index >= 15 is 0 Å². The van der Waals surface area contributed by atoms with Crippen molar-refractivity contribution in [3.05, 3.63) is 54.1 Å². The molecule has 0 spiro atoms. The maximum atomic E-state index is 5.89. The molecule has 2 rings (SSSR count). The van der Waals surface area contributed by atoms with Gasteiger partial charge in [-0.3, -0.25) is 0 Å². The Balaban J connectivity index is 2.22. The predicted molar refractivity (Wildman–Crippen MR) is 74.4 cm³/mol. The van der Waals surface area contributed by atoms with Crippen LogP contribution in [0.1, 0.15) is 31.0 Å². The Labute approximate surface area is 109 Å². The van der Waals surface area contributed by atoms with Gasteiger partial charge in [-0.05, 0) is 11.5 Å². The van der Waals surface area contributed by atoms with Gasteiger partial charge >= 0.3 is 0 Å². The van der Waals surface area contributed by atoms with Crippen molar-refractivity contribution in [1.29, 1.82) is 0 Å². The van der Waals surface area contributed by atoms with Crippen molar-refractivity contribution in [3.63, 3.8) is 0 Å². The van der Waals surface area contributed by atoms with Crippen molar-refractivity contribution >= 4 is 0 Å². The largest absolute Gasteiger partial charge is 0.330 e. The van der Waals surface area contributed by atoms with Crippen LogP contribution in [-0.2, 0) is 6.54 Å². The van der Waals surface area contributed by atoms with E-state index in [0.29, 0.717) is 18.4 Å². The first-order valence-electron chi connectivity index (χ1n) is 6.46. The van der Waals surface area contributed by atoms with Crippen LogP contribution in [0.4, 0.5) is 0 Å². The molecule has 0 radical (unpaired) electrons. The van der Waals surface area contributed by atoms with Gasteiger partial charge in [-0.25, -0.2) is 4.98 Å². The summed E-state index contributed by atoms with van der Waals surface area (Å²) in [6, 6.07) is 10.4. The van der Waals surface area contributed by atoms with Gasteiger partial charge in [0.25, 0.3) is 0 Å². The third-order valence-corrected chi connectivity index (χ3v) is 3.38. The Morgan fingerprint density at radius 3 is 2.56 bits per heavy atom. The molecule has 1 aromatic heterocycles. The van der Waals surface area contributed by atoms with E-state index in [0.717, 1.165) is 6.54 Å². The number of imidazole rings is 1. The molecule has 0 aliphatic rings. The monoisotopic (exact) mass is 243 g/mol. The Morgan fingerprint density at radius 1 is 1.22 bits per heavy atom. The van der Waals surface area contributed by atoms with Gasteiger partial charge in [-0.1, -0.05) is 44.2 Å². The summed E-state index contributed by atoms with van der Waals surface area (Å²) in [7, 11) is 0. The summed E-state index contributed by atoms with van der Waals surface area (Å²) >= 11 is 0. The first-order valence-corrected chi connectivity index (χ1v) is 6.46. The summed E-state index contributed by atoms with van der Waals surface area (Å²) in [6.45, 7) is 5.94. The third kappa shape index (κ3) is 2.79. The molecule has 1 unspecified atom stereocenters. The lowest BCUT2D eigenvalue weighted by molar-refractivity contribution is 0.478. The fourth-order valence-corrected chi connectivity index (χ4v) is 2.29. The molecule has 0 aliphatic heterocycles. The van der Waals surface area contributed by atoms with Crippen LogP contribution in [0.2, 0.25) is 0 Å². The number of aromatic nitrogens is 2. The van der Waals surface area contributed by atoms with Crippen LogP contribution in [0, 0.1) is 5.92 Å². The molecule has 2 aromatic rings. The van der Waals surface area contributed by atoms with Gasteiger partial charge in [0.1, 0.15) is 0 Å². The second kappa shape index (κ2) is 5.83. The van der Waals surface area contributed by atoms with Crippen LogP contribution in [-0.4, -0.2) is 16.1 Å². The summed E-state index contributed by atoms with van der Waals surface area (Å²) in [4.78, 5) is 4.28. The molecule has 0 saturated carbocycles. The molecule has 18 heavy (non-hydrogen) atoms. The van der Waals surface area contributed by atoms with Crippen LogP contribution >= 0.6 is 0 Å². The fourth-order valence-electron chi connectivity index (χ4n) is 2.29. The summed E-state index contributed by atoms with van der Waals surface area (Å²) < 4.78 is 2.20. The van der Waals surface area contributed by atoms with Crippen LogP contribution < -0.4 is 5.73 Å². The van der Waals surface area contributed by atoms with Crippen LogP contribution in [0.25, 0.3) is 0 Å². The van der Waals surface area contributed by atoms with Crippen molar-refractivity contribution < 1.29 is 0 Å². The third-order valence-electron chi connectivity index (χ3n) is 3.38. The SMILES string of the molecule is CC(C)C(CN)c1cncn1Cc1ccccc1. The van der Waals surface area contributed by atoms with E-state index in [4.69, 9.17) is 5.73 Å². The Morgan fingerprint density at radius 2 is 1.94 bits per heavy atom. The van der Waals surface area contributed by atoms with Crippen molar-refractivity contribution in [2.24, 2.45) is 11.7 Å². The molecule has 3 heteroatoms. The van der Waals surface area contributed by atoms with Gasteiger partial charge in [-0.2, -0.15) is 0 Å². The van der Waals surface area contributed by atoms with Crippen molar-refractivity contribution in [3.8, 4) is 0 Å². The van der Waals surface area contributed by atoms with Crippen LogP contribution in [0.15, 0.2) is 42.9 Å². The van der Waals surface area contributed by atoms with E-state index in [2.05, 4.69) is 47.7 Å². The lowest BCUT2D eigenvalue weighted by atomic mass is 9.93. The highest BCUT2D eigenvalue weighted by Crippen LogP contribution is 2.23. The molecule has 0 fully saturated rings. The number of hydrogen-bond acceptors (Lipinski definition) is 2. The zero-order valence-electron chi connectivity index (χ0n) is 11.1. The number of nitrogens with zero attached hydrogens (tertiary/aromatic N) is 2. The summed E-state index contributed by atoms with van der Waals surface area (Å²) in [5, 5.41) is 0. The minimum Gasteiger partial charge on any atom is -0.330 e. The molecule has 0 saturated heterocycles. The molecule has 1 atom stereocenters. The summed E-state index contributed by atoms with van der Waals surface area (Å²) in [5.41, 5.74) is 8.41. The Hall–Kier alpha value is -1.61. The molecule has 0 bridgehead atoms. The average molecular weight is 243 g/mol. The zero-order valence-corrected chi connectivity index (χ0v) is 11.1. The molecule has 3 nitrogen and oxygen atoms in total. The molecule has 0 aliphatic carbocycles. The average Bonchev–Trinajstić information content (AvgIpc) is 2.79. The summed E-state index contributed by atoms with van der Waals surface area (Å²) in [5.74, 6) is 0.900. The van der Waals surface area contributed by atoms with Gasteiger partial charge in [0.15, 0.2) is 0 Å². The van der Waals surface area contributed by atoms with Gasteiger partial charge < -0.3 is 10.3 Å². The maximum Gasteiger partial charge on any atom is 0.0951 e. The number of rotatable bonds is 5. The highest BCUT2D eigenvalue weighted by atomic mass is 15.0. The van der Waals surface area contributed by atoms with Gasteiger partial charge in [0.05, 0.1) is 6.33 Å². The first-order chi connectivity index (χ1) is 8.72. The van der Waals surface area contributed by atoms with Crippen molar-refractivity contribution in [1.82, 2.24) is 9.55 Å². The molecule has 1 aromatic carbocycles. The Bertz CT molecular complexity index is 473. The normalized spacial score (nSPS) is 12.9. The Kier molecular flexibility index (Phi) is 4.15. The highest BCUT2D eigenvalue weighted by molar-refractivity contribution is 5.17. The smallest absolute Gasteiger partial charge is 0.0951 e. The topological polar surface area (TPSA) is 43.8 Å². The van der Waals surface area contributed by atoms with Gasteiger partial charge in [0.2, 0.25) is 0 Å². The van der Waals surface area contributed by atoms with E-state index in [1.54, 1.807) is 0 Å². The minimum absolute atomic E-state index is 0.371. The standard InChI is InChI=1S/C15H21N3/c1-12(2)14(8-16)15-9-17-11-18(15)10-13-6-4-3-5-7-13/h3-7,9,11-12,14H,8,10,16H2,1-2H3. The quantitative estimate of drug-likeness (QED) is 0.877. The predicted octanol–water partition coefficient (Wildman–Crippen LogP) is 2.63. The second-order valence-electron chi connectivity index (χ2n) is 5.02. The zero-order chi connectivity index (χ0) is 13.0. The second-order valence-corrected chi connectivity index (χ2v) is 5.02. The number of nitrogens with two attached hydrogens (primary N) is 1. The van der Waals surface area contributed by atoms with E-state index in [-0.39, 0.29) is 0 Å². The fraction of sp³-hybridized carbons (Fsp3) is 0.400. The molecular formula is C15H21N3. The molecule has 1 heterocycles. The number of hydrogen-bond donors (Lipinski definition) is 1. The number of benzene rings is 1. The lowest BCUT2D eigenvalue weighted by Gasteiger charge is -2.20. The van der Waals surface area contributed by atoms with Crippen molar-refractivity contribution in [2.45, 2.75) is 26.3 Å². The molecular weight excluding hydrogens is 222 g/mol. The summed E-state index contributed by atoms with van der Waals surface area (Å²) in [6.07, 6.45) is 3.84. The first kappa shape index (κ1) is 12.8.